The fourth-order valence-corrected chi connectivity index (χ4v) is 3.22. The molecule has 7 nitrogen and oxygen atoms in total. The number of thioether (sulfide) groups is 1. The van der Waals surface area contributed by atoms with E-state index in [-0.39, 0.29) is 11.4 Å². The Morgan fingerprint density at radius 1 is 1.35 bits per heavy atom. The minimum Gasteiger partial charge on any atom is -0.462 e. The molecule has 2 aromatic heterocycles. The lowest BCUT2D eigenvalue weighted by atomic mass is 10.1. The van der Waals surface area contributed by atoms with Gasteiger partial charge in [-0.1, -0.05) is 0 Å². The van der Waals surface area contributed by atoms with Gasteiger partial charge in [0.25, 0.3) is 5.91 Å². The van der Waals surface area contributed by atoms with Crippen LogP contribution in [0.2, 0.25) is 0 Å². The number of halogens is 1. The molecule has 0 atom stereocenters. The van der Waals surface area contributed by atoms with E-state index < -0.39 is 5.91 Å². The number of nitrogens with one attached hydrogen (secondary N) is 1. The van der Waals surface area contributed by atoms with E-state index in [1.807, 2.05) is 0 Å². The molecule has 0 radical (unpaired) electrons. The van der Waals surface area contributed by atoms with Crippen LogP contribution in [-0.4, -0.2) is 27.0 Å². The Morgan fingerprint density at radius 2 is 2.22 bits per heavy atom. The third-order valence-corrected chi connectivity index (χ3v) is 4.42. The molecule has 0 fully saturated rings. The van der Waals surface area contributed by atoms with Crippen molar-refractivity contribution in [1.29, 1.82) is 5.41 Å². The van der Waals surface area contributed by atoms with E-state index in [1.165, 1.54) is 29.1 Å². The van der Waals surface area contributed by atoms with Crippen LogP contribution < -0.4 is 0 Å². The highest BCUT2D eigenvalue weighted by molar-refractivity contribution is 9.10. The molecule has 1 N–H and O–H groups in total. The highest BCUT2D eigenvalue weighted by Crippen LogP contribution is 2.31. The van der Waals surface area contributed by atoms with Gasteiger partial charge in [-0.25, -0.2) is 0 Å². The fraction of sp³-hybridized carbons (Fsp3) is 0. The molecule has 0 unspecified atom stereocenters. The monoisotopic (exact) mass is 390 g/mol. The predicted molar refractivity (Wildman–Crippen MR) is 89.2 cm³/mol. The van der Waals surface area contributed by atoms with Crippen LogP contribution in [0.1, 0.15) is 11.5 Å². The van der Waals surface area contributed by atoms with Crippen molar-refractivity contribution in [3.05, 3.63) is 52.3 Å². The van der Waals surface area contributed by atoms with Crippen LogP contribution in [0.5, 0.6) is 0 Å². The van der Waals surface area contributed by atoms with E-state index in [0.29, 0.717) is 26.4 Å². The minimum absolute atomic E-state index is 0.0541. The van der Waals surface area contributed by atoms with Crippen molar-refractivity contribution in [3.63, 3.8) is 0 Å². The van der Waals surface area contributed by atoms with Crippen LogP contribution in [-0.2, 0) is 4.79 Å². The number of hydrogen-bond donors (Lipinski definition) is 1. The highest BCUT2D eigenvalue weighted by Gasteiger charge is 2.36. The maximum atomic E-state index is 12.2. The number of fused-ring (bicyclic) bond motifs is 1. The molecule has 0 aliphatic carbocycles. The van der Waals surface area contributed by atoms with Crippen LogP contribution in [0, 0.1) is 5.41 Å². The van der Waals surface area contributed by atoms with Gasteiger partial charge in [0.15, 0.2) is 21.3 Å². The van der Waals surface area contributed by atoms with Crippen molar-refractivity contribution < 1.29 is 13.6 Å². The van der Waals surface area contributed by atoms with Crippen LogP contribution in [0.3, 0.4) is 0 Å². The molecule has 0 bridgehead atoms. The Labute approximate surface area is 142 Å². The molecule has 1 amide bonds. The third kappa shape index (κ3) is 2.47. The van der Waals surface area contributed by atoms with Crippen LogP contribution >= 0.6 is 27.7 Å². The van der Waals surface area contributed by atoms with E-state index >= 15 is 0 Å². The summed E-state index contributed by atoms with van der Waals surface area (Å²) in [6.07, 6.45) is 3.01. The van der Waals surface area contributed by atoms with Gasteiger partial charge in [0.1, 0.15) is 5.76 Å². The van der Waals surface area contributed by atoms with Crippen LogP contribution in [0.25, 0.3) is 6.08 Å². The highest BCUT2D eigenvalue weighted by atomic mass is 79.9. The van der Waals surface area contributed by atoms with Gasteiger partial charge < -0.3 is 8.83 Å². The van der Waals surface area contributed by atoms with Gasteiger partial charge in [-0.3, -0.25) is 10.2 Å². The number of furan rings is 2. The number of hydrogen-bond acceptors (Lipinski definition) is 6. The zero-order valence-corrected chi connectivity index (χ0v) is 13.7. The summed E-state index contributed by atoms with van der Waals surface area (Å²) in [6, 6.07) is 6.89. The summed E-state index contributed by atoms with van der Waals surface area (Å²) >= 11 is 4.38. The lowest BCUT2D eigenvalue weighted by Crippen LogP contribution is -2.35. The molecule has 9 heteroatoms. The van der Waals surface area contributed by atoms with Gasteiger partial charge in [0.2, 0.25) is 5.17 Å². The zero-order chi connectivity index (χ0) is 16.0. The second-order valence-electron chi connectivity index (χ2n) is 4.54. The summed E-state index contributed by atoms with van der Waals surface area (Å²) in [4.78, 5) is 16.2. The topological polar surface area (TPSA) is 95.2 Å². The number of amides is 1. The summed E-state index contributed by atoms with van der Waals surface area (Å²) in [7, 11) is 0. The summed E-state index contributed by atoms with van der Waals surface area (Å²) in [5.74, 6) is 0.456. The van der Waals surface area contributed by atoms with Gasteiger partial charge in [-0.2, -0.15) is 15.1 Å². The first-order valence-electron chi connectivity index (χ1n) is 6.41. The van der Waals surface area contributed by atoms with Crippen molar-refractivity contribution in [2.24, 2.45) is 10.1 Å². The number of aliphatic imine (C=N–C) groups is 1. The normalized spacial score (nSPS) is 19.2. The molecule has 2 aliphatic rings. The van der Waals surface area contributed by atoms with Crippen LogP contribution in [0.15, 0.2) is 59.7 Å². The molecule has 0 saturated heterocycles. The third-order valence-electron chi connectivity index (χ3n) is 3.07. The number of amidine groups is 2. The first-order chi connectivity index (χ1) is 11.1. The maximum absolute atomic E-state index is 12.2. The number of carbonyl (C=O) groups is 1. The first-order valence-corrected chi connectivity index (χ1v) is 8.02. The Bertz CT molecular complexity index is 910. The average Bonchev–Trinajstić information content (AvgIpc) is 3.23. The van der Waals surface area contributed by atoms with E-state index in [4.69, 9.17) is 14.2 Å². The molecule has 4 rings (SSSR count). The number of nitrogens with zero attached hydrogens (tertiary/aromatic N) is 3. The van der Waals surface area contributed by atoms with Crippen LogP contribution in [0.4, 0.5) is 0 Å². The standard InChI is InChI=1S/C14H7BrN4O3S/c15-10-4-3-7(22-10)6-8-11(16)19-14(17-12(8)20)23-13(18-19)9-2-1-5-21-9/h1-6,16H. The van der Waals surface area contributed by atoms with Crippen molar-refractivity contribution in [2.75, 3.05) is 0 Å². The number of carbonyl (C=O) groups excluding carboxylic acids is 1. The summed E-state index contributed by atoms with van der Waals surface area (Å²) in [5, 5.41) is 14.7. The smallest absolute Gasteiger partial charge is 0.283 e. The Morgan fingerprint density at radius 3 is 2.91 bits per heavy atom. The predicted octanol–water partition coefficient (Wildman–Crippen LogP) is 3.30. The van der Waals surface area contributed by atoms with Gasteiger partial charge in [-0.05, 0) is 58.0 Å². The molecule has 0 aromatic carbocycles. The quantitative estimate of drug-likeness (QED) is 0.793. The molecule has 2 aromatic rings. The van der Waals surface area contributed by atoms with E-state index in [2.05, 4.69) is 26.0 Å². The summed E-state index contributed by atoms with van der Waals surface area (Å²) in [6.45, 7) is 0. The minimum atomic E-state index is -0.503. The Kier molecular flexibility index (Phi) is 3.31. The lowest BCUT2D eigenvalue weighted by molar-refractivity contribution is -0.114. The van der Waals surface area contributed by atoms with Crippen molar-refractivity contribution in [1.82, 2.24) is 5.01 Å². The SMILES string of the molecule is N=C1C(=Cc2ccc(Br)o2)C(=O)N=C2SC(c3ccco3)=NN12. The summed E-state index contributed by atoms with van der Waals surface area (Å²) < 4.78 is 11.2. The summed E-state index contributed by atoms with van der Waals surface area (Å²) in [5.41, 5.74) is 0.112. The molecular weight excluding hydrogens is 384 g/mol. The molecule has 114 valence electrons. The molecule has 4 heterocycles. The molecule has 0 spiro atoms. The van der Waals surface area contributed by atoms with Crippen molar-refractivity contribution in [2.45, 2.75) is 0 Å². The number of rotatable bonds is 2. The van der Waals surface area contributed by atoms with Gasteiger partial charge in [0, 0.05) is 0 Å². The first kappa shape index (κ1) is 14.2. The van der Waals surface area contributed by atoms with Crippen molar-refractivity contribution in [3.8, 4) is 0 Å². The fourth-order valence-electron chi connectivity index (χ4n) is 2.04. The zero-order valence-electron chi connectivity index (χ0n) is 11.3. The maximum Gasteiger partial charge on any atom is 0.283 e. The second kappa shape index (κ2) is 5.36. The van der Waals surface area contributed by atoms with E-state index in [1.54, 1.807) is 24.3 Å². The largest absolute Gasteiger partial charge is 0.462 e. The molecule has 23 heavy (non-hydrogen) atoms. The Balaban J connectivity index is 1.71. The van der Waals surface area contributed by atoms with Gasteiger partial charge in [0.05, 0.1) is 11.8 Å². The van der Waals surface area contributed by atoms with E-state index in [0.717, 1.165) is 0 Å². The van der Waals surface area contributed by atoms with Gasteiger partial charge >= 0.3 is 0 Å². The van der Waals surface area contributed by atoms with Gasteiger partial charge in [-0.15, -0.1) is 0 Å². The van der Waals surface area contributed by atoms with Crippen molar-refractivity contribution >= 4 is 55.7 Å². The molecular formula is C14H7BrN4O3S. The molecule has 0 saturated carbocycles. The van der Waals surface area contributed by atoms with E-state index in [9.17, 15) is 4.79 Å². The number of hydrazone groups is 1. The molecule has 2 aliphatic heterocycles. The Hall–Kier alpha value is -2.39. The second-order valence-corrected chi connectivity index (χ2v) is 6.28. The average molecular weight is 391 g/mol. The lowest BCUT2D eigenvalue weighted by Gasteiger charge is -2.19.